The van der Waals surface area contributed by atoms with Crippen LogP contribution in [-0.4, -0.2) is 66.4 Å². The third kappa shape index (κ3) is 2.85. The third-order valence-corrected chi connectivity index (χ3v) is 5.68. The summed E-state index contributed by atoms with van der Waals surface area (Å²) in [6.07, 6.45) is 2.00. The van der Waals surface area contributed by atoms with Gasteiger partial charge in [0.25, 0.3) is 0 Å². The first-order valence-corrected chi connectivity index (χ1v) is 8.76. The number of pyridine rings is 1. The second-order valence-corrected chi connectivity index (χ2v) is 7.03. The number of hydrogen-bond donors (Lipinski definition) is 1. The fourth-order valence-electron chi connectivity index (χ4n) is 4.05. The Bertz CT molecular complexity index is 802. The Morgan fingerprint density at radius 1 is 1.24 bits per heavy atom. The van der Waals surface area contributed by atoms with Gasteiger partial charge in [0, 0.05) is 43.8 Å². The SMILES string of the molecule is CN1CCN(c2cc(C(=O)O)c3ccccc3n2)CC12CCOCC2. The number of anilines is 1. The van der Waals surface area contributed by atoms with E-state index in [1.54, 1.807) is 6.07 Å². The standard InChI is InChI=1S/C19H23N3O3/c1-21-8-9-22(13-19(21)6-10-25-11-7-19)17-12-15(18(23)24)14-4-2-3-5-16(14)20-17/h2-5,12H,6-11,13H2,1H3,(H,23,24). The molecule has 1 aromatic carbocycles. The Balaban J connectivity index is 1.73. The Hall–Kier alpha value is -2.18. The van der Waals surface area contributed by atoms with Gasteiger partial charge in [-0.2, -0.15) is 0 Å². The molecule has 0 atom stereocenters. The van der Waals surface area contributed by atoms with Crippen LogP contribution in [0.5, 0.6) is 0 Å². The number of aromatic nitrogens is 1. The number of carbonyl (C=O) groups is 1. The van der Waals surface area contributed by atoms with Gasteiger partial charge in [-0.05, 0) is 32.0 Å². The van der Waals surface area contributed by atoms with E-state index in [-0.39, 0.29) is 5.54 Å². The van der Waals surface area contributed by atoms with Crippen LogP contribution in [0.1, 0.15) is 23.2 Å². The highest BCUT2D eigenvalue weighted by atomic mass is 16.5. The molecule has 25 heavy (non-hydrogen) atoms. The van der Waals surface area contributed by atoms with Crippen molar-refractivity contribution in [3.63, 3.8) is 0 Å². The fourth-order valence-corrected chi connectivity index (χ4v) is 4.05. The Morgan fingerprint density at radius 2 is 2.00 bits per heavy atom. The number of nitrogens with zero attached hydrogens (tertiary/aromatic N) is 3. The largest absolute Gasteiger partial charge is 0.478 e. The van der Waals surface area contributed by atoms with E-state index in [1.165, 1.54) is 0 Å². The second-order valence-electron chi connectivity index (χ2n) is 7.03. The van der Waals surface area contributed by atoms with Crippen molar-refractivity contribution in [3.8, 4) is 0 Å². The lowest BCUT2D eigenvalue weighted by molar-refractivity contribution is -0.0221. The zero-order valence-corrected chi connectivity index (χ0v) is 14.4. The minimum absolute atomic E-state index is 0.0905. The summed E-state index contributed by atoms with van der Waals surface area (Å²) in [5.41, 5.74) is 1.14. The molecule has 2 fully saturated rings. The molecule has 0 amide bonds. The average molecular weight is 341 g/mol. The van der Waals surface area contributed by atoms with Crippen LogP contribution in [0.4, 0.5) is 5.82 Å². The van der Waals surface area contributed by atoms with Crippen LogP contribution in [-0.2, 0) is 4.74 Å². The van der Waals surface area contributed by atoms with E-state index in [1.807, 2.05) is 24.3 Å². The summed E-state index contributed by atoms with van der Waals surface area (Å²) < 4.78 is 5.56. The summed E-state index contributed by atoms with van der Waals surface area (Å²) in [4.78, 5) is 21.2. The Labute approximate surface area is 147 Å². The fraction of sp³-hybridized carbons (Fsp3) is 0.474. The minimum Gasteiger partial charge on any atom is -0.478 e. The van der Waals surface area contributed by atoms with Gasteiger partial charge in [0.05, 0.1) is 11.1 Å². The zero-order chi connectivity index (χ0) is 17.4. The highest BCUT2D eigenvalue weighted by Gasteiger charge is 2.41. The lowest BCUT2D eigenvalue weighted by Gasteiger charge is -2.51. The van der Waals surface area contributed by atoms with Gasteiger partial charge in [-0.25, -0.2) is 9.78 Å². The molecule has 4 rings (SSSR count). The van der Waals surface area contributed by atoms with Crippen LogP contribution in [0.3, 0.4) is 0 Å². The van der Waals surface area contributed by atoms with Gasteiger partial charge in [-0.3, -0.25) is 4.90 Å². The molecule has 1 spiro atoms. The van der Waals surface area contributed by atoms with Crippen LogP contribution in [0.15, 0.2) is 30.3 Å². The number of ether oxygens (including phenoxy) is 1. The van der Waals surface area contributed by atoms with E-state index >= 15 is 0 Å². The number of piperazine rings is 1. The van der Waals surface area contributed by atoms with E-state index in [0.717, 1.165) is 57.0 Å². The van der Waals surface area contributed by atoms with Gasteiger partial charge in [-0.15, -0.1) is 0 Å². The first kappa shape index (κ1) is 16.3. The highest BCUT2D eigenvalue weighted by molar-refractivity contribution is 6.03. The molecule has 0 aliphatic carbocycles. The Kier molecular flexibility index (Phi) is 4.09. The van der Waals surface area contributed by atoms with Crippen molar-refractivity contribution >= 4 is 22.7 Å². The molecule has 132 valence electrons. The van der Waals surface area contributed by atoms with Crippen molar-refractivity contribution in [2.45, 2.75) is 18.4 Å². The molecule has 0 saturated carbocycles. The molecular formula is C19H23N3O3. The maximum Gasteiger partial charge on any atom is 0.336 e. The number of para-hydroxylation sites is 1. The van der Waals surface area contributed by atoms with Crippen molar-refractivity contribution in [2.24, 2.45) is 0 Å². The van der Waals surface area contributed by atoms with E-state index in [0.29, 0.717) is 10.9 Å². The highest BCUT2D eigenvalue weighted by Crippen LogP contribution is 2.33. The smallest absolute Gasteiger partial charge is 0.336 e. The lowest BCUT2D eigenvalue weighted by Crippen LogP contribution is -2.63. The molecule has 0 unspecified atom stereocenters. The van der Waals surface area contributed by atoms with Crippen LogP contribution in [0.2, 0.25) is 0 Å². The minimum atomic E-state index is -0.908. The van der Waals surface area contributed by atoms with E-state index in [9.17, 15) is 9.90 Å². The van der Waals surface area contributed by atoms with Gasteiger partial charge < -0.3 is 14.7 Å². The summed E-state index contributed by atoms with van der Waals surface area (Å²) >= 11 is 0. The van der Waals surface area contributed by atoms with Gasteiger partial charge in [-0.1, -0.05) is 18.2 Å². The van der Waals surface area contributed by atoms with Crippen molar-refractivity contribution < 1.29 is 14.6 Å². The van der Waals surface area contributed by atoms with E-state index in [4.69, 9.17) is 9.72 Å². The van der Waals surface area contributed by atoms with Gasteiger partial charge in [0.15, 0.2) is 0 Å². The van der Waals surface area contributed by atoms with Gasteiger partial charge in [0.1, 0.15) is 5.82 Å². The van der Waals surface area contributed by atoms with Crippen molar-refractivity contribution in [2.75, 3.05) is 44.8 Å². The predicted molar refractivity (Wildman–Crippen MR) is 96.3 cm³/mol. The van der Waals surface area contributed by atoms with Crippen molar-refractivity contribution in [3.05, 3.63) is 35.9 Å². The predicted octanol–water partition coefficient (Wildman–Crippen LogP) is 2.23. The average Bonchev–Trinajstić information content (AvgIpc) is 2.64. The number of carboxylic acids is 1. The summed E-state index contributed by atoms with van der Waals surface area (Å²) in [5, 5.41) is 10.3. The number of likely N-dealkylation sites (N-methyl/N-ethyl adjacent to an activating group) is 1. The first-order chi connectivity index (χ1) is 12.1. The second kappa shape index (κ2) is 6.28. The first-order valence-electron chi connectivity index (χ1n) is 8.76. The number of benzene rings is 1. The van der Waals surface area contributed by atoms with Gasteiger partial charge in [0.2, 0.25) is 0 Å². The van der Waals surface area contributed by atoms with Crippen molar-refractivity contribution in [1.82, 2.24) is 9.88 Å². The normalized spacial score (nSPS) is 20.9. The van der Waals surface area contributed by atoms with E-state index in [2.05, 4.69) is 16.8 Å². The van der Waals surface area contributed by atoms with Gasteiger partial charge >= 0.3 is 5.97 Å². The number of hydrogen-bond acceptors (Lipinski definition) is 5. The summed E-state index contributed by atoms with van der Waals surface area (Å²) in [6.45, 7) is 4.21. The molecule has 2 aliphatic rings. The van der Waals surface area contributed by atoms with Crippen LogP contribution >= 0.6 is 0 Å². The lowest BCUT2D eigenvalue weighted by atomic mass is 9.86. The molecule has 1 aromatic heterocycles. The third-order valence-electron chi connectivity index (χ3n) is 5.68. The maximum absolute atomic E-state index is 11.7. The molecule has 2 saturated heterocycles. The molecule has 0 bridgehead atoms. The number of rotatable bonds is 2. The molecule has 2 aliphatic heterocycles. The van der Waals surface area contributed by atoms with Crippen LogP contribution in [0.25, 0.3) is 10.9 Å². The number of fused-ring (bicyclic) bond motifs is 1. The quantitative estimate of drug-likeness (QED) is 0.904. The summed E-state index contributed by atoms with van der Waals surface area (Å²) in [7, 11) is 2.18. The molecule has 6 heteroatoms. The van der Waals surface area contributed by atoms with Crippen LogP contribution < -0.4 is 4.90 Å². The number of aromatic carboxylic acids is 1. The molecule has 1 N–H and O–H groups in total. The topological polar surface area (TPSA) is 65.9 Å². The van der Waals surface area contributed by atoms with Crippen LogP contribution in [0, 0.1) is 0 Å². The maximum atomic E-state index is 11.7. The zero-order valence-electron chi connectivity index (χ0n) is 14.4. The van der Waals surface area contributed by atoms with E-state index < -0.39 is 5.97 Å². The molecule has 2 aromatic rings. The molecular weight excluding hydrogens is 318 g/mol. The number of carboxylic acid groups (broad SMARTS) is 1. The molecule has 0 radical (unpaired) electrons. The Morgan fingerprint density at radius 3 is 2.76 bits per heavy atom. The monoisotopic (exact) mass is 341 g/mol. The molecule has 6 nitrogen and oxygen atoms in total. The van der Waals surface area contributed by atoms with Crippen molar-refractivity contribution in [1.29, 1.82) is 0 Å². The molecule has 3 heterocycles. The summed E-state index contributed by atoms with van der Waals surface area (Å²) in [5.74, 6) is -0.148. The summed E-state index contributed by atoms with van der Waals surface area (Å²) in [6, 6.07) is 9.17.